The van der Waals surface area contributed by atoms with Crippen LogP contribution in [0, 0.1) is 0 Å². The molecular formula is C18H15NO2S2. The van der Waals surface area contributed by atoms with Crippen molar-refractivity contribution in [2.45, 2.75) is 0 Å². The summed E-state index contributed by atoms with van der Waals surface area (Å²) >= 11 is 2.69. The zero-order valence-electron chi connectivity index (χ0n) is 12.6. The van der Waals surface area contributed by atoms with Crippen molar-refractivity contribution in [2.75, 3.05) is 12.9 Å². The van der Waals surface area contributed by atoms with Crippen molar-refractivity contribution >= 4 is 49.9 Å². The molecule has 0 saturated carbocycles. The van der Waals surface area contributed by atoms with Gasteiger partial charge in [-0.25, -0.2) is 4.99 Å². The zero-order valence-corrected chi connectivity index (χ0v) is 14.2. The lowest BCUT2D eigenvalue weighted by atomic mass is 10.0. The molecule has 2 aromatic rings. The highest BCUT2D eigenvalue weighted by molar-refractivity contribution is 8.45. The van der Waals surface area contributed by atoms with Gasteiger partial charge in [-0.05, 0) is 34.7 Å². The number of hydrogen-bond donors (Lipinski definition) is 0. The summed E-state index contributed by atoms with van der Waals surface area (Å²) in [7, 11) is 1.63. The molecule has 0 bridgehead atoms. The van der Waals surface area contributed by atoms with E-state index in [9.17, 15) is 4.79 Å². The molecule has 0 unspecified atom stereocenters. The molecule has 0 aliphatic carbocycles. The minimum Gasteiger partial charge on any atom is -0.496 e. The van der Waals surface area contributed by atoms with Gasteiger partial charge in [-0.3, -0.25) is 4.79 Å². The molecule has 23 heavy (non-hydrogen) atoms. The maximum atomic E-state index is 12.2. The first kappa shape index (κ1) is 15.9. The summed E-state index contributed by atoms with van der Waals surface area (Å²) in [4.78, 5) is 16.6. The lowest BCUT2D eigenvalue weighted by molar-refractivity contribution is -0.107. The van der Waals surface area contributed by atoms with E-state index in [1.54, 1.807) is 13.2 Å². The smallest absolute Gasteiger partial charge is 0.244 e. The molecule has 0 aromatic heterocycles. The van der Waals surface area contributed by atoms with Gasteiger partial charge in [0.25, 0.3) is 0 Å². The predicted molar refractivity (Wildman–Crippen MR) is 101 cm³/mol. The van der Waals surface area contributed by atoms with Crippen molar-refractivity contribution in [1.82, 2.24) is 0 Å². The fourth-order valence-electron chi connectivity index (χ4n) is 2.32. The van der Waals surface area contributed by atoms with Crippen molar-refractivity contribution in [2.24, 2.45) is 4.99 Å². The second kappa shape index (κ2) is 7.06. The number of thioether (sulfide) groups is 2. The number of methoxy groups -OCH3 is 1. The third kappa shape index (κ3) is 3.35. The molecule has 0 spiro atoms. The number of carbonyl (C=O) groups excluding carboxylic acids is 1. The molecule has 1 aliphatic rings. The van der Waals surface area contributed by atoms with Gasteiger partial charge in [-0.1, -0.05) is 48.2 Å². The molecular weight excluding hydrogens is 326 g/mol. The van der Waals surface area contributed by atoms with Crippen molar-refractivity contribution in [3.05, 3.63) is 60.3 Å². The van der Waals surface area contributed by atoms with Crippen LogP contribution in [0.4, 0.5) is 0 Å². The zero-order chi connectivity index (χ0) is 16.2. The second-order valence-corrected chi connectivity index (χ2v) is 7.03. The van der Waals surface area contributed by atoms with Gasteiger partial charge in [-0.2, -0.15) is 0 Å². The molecule has 1 aliphatic heterocycles. The molecule has 0 saturated heterocycles. The summed E-state index contributed by atoms with van der Waals surface area (Å²) in [6, 6.07) is 12.0. The van der Waals surface area contributed by atoms with Crippen LogP contribution in [0.25, 0.3) is 16.8 Å². The summed E-state index contributed by atoms with van der Waals surface area (Å²) in [5.74, 6) is 1.47. The molecule has 0 atom stereocenters. The van der Waals surface area contributed by atoms with Crippen molar-refractivity contribution < 1.29 is 9.53 Å². The predicted octanol–water partition coefficient (Wildman–Crippen LogP) is 4.74. The molecule has 0 amide bonds. The Balaban J connectivity index is 2.08. The van der Waals surface area contributed by atoms with E-state index < -0.39 is 0 Å². The van der Waals surface area contributed by atoms with Gasteiger partial charge in [0.15, 0.2) is 0 Å². The molecule has 2 aromatic carbocycles. The van der Waals surface area contributed by atoms with Crippen molar-refractivity contribution in [1.29, 1.82) is 0 Å². The van der Waals surface area contributed by atoms with Crippen LogP contribution in [0.1, 0.15) is 5.56 Å². The van der Waals surface area contributed by atoms with Crippen LogP contribution in [-0.4, -0.2) is 22.4 Å². The van der Waals surface area contributed by atoms with Crippen LogP contribution in [0.2, 0.25) is 0 Å². The van der Waals surface area contributed by atoms with Crippen LogP contribution >= 0.6 is 23.5 Å². The number of benzene rings is 2. The second-order valence-electron chi connectivity index (χ2n) is 4.80. The fraction of sp³-hybridized carbons (Fsp3) is 0.111. The largest absolute Gasteiger partial charge is 0.496 e. The number of carbonyl (C=O) groups is 1. The molecule has 5 heteroatoms. The molecule has 0 radical (unpaired) electrons. The van der Waals surface area contributed by atoms with E-state index in [2.05, 4.69) is 11.6 Å². The molecule has 116 valence electrons. The Hall–Kier alpha value is -1.98. The van der Waals surface area contributed by atoms with E-state index in [4.69, 9.17) is 4.74 Å². The van der Waals surface area contributed by atoms with Gasteiger partial charge in [0, 0.05) is 11.3 Å². The number of nitrogens with zero attached hydrogens (tertiary/aromatic N) is 1. The topological polar surface area (TPSA) is 38.7 Å². The van der Waals surface area contributed by atoms with E-state index in [1.807, 2.05) is 42.5 Å². The standard InChI is InChI=1S/C18H15NO2S2/c1-3-10-22-18-19-15(17(20)23-18)11-14-13-7-5-4-6-12(13)8-9-16(14)21-2/h3-9,11H,1,10H2,2H3. The quantitative estimate of drug-likeness (QED) is 0.595. The summed E-state index contributed by atoms with van der Waals surface area (Å²) in [5.41, 5.74) is 1.34. The number of aliphatic imine (C=N–C) groups is 1. The van der Waals surface area contributed by atoms with Crippen LogP contribution in [0.5, 0.6) is 5.75 Å². The van der Waals surface area contributed by atoms with Gasteiger partial charge in [0.05, 0.1) is 7.11 Å². The molecule has 0 N–H and O–H groups in total. The van der Waals surface area contributed by atoms with E-state index in [0.717, 1.165) is 32.2 Å². The average molecular weight is 341 g/mol. The van der Waals surface area contributed by atoms with E-state index in [0.29, 0.717) is 5.70 Å². The van der Waals surface area contributed by atoms with Gasteiger partial charge in [-0.15, -0.1) is 6.58 Å². The van der Waals surface area contributed by atoms with Gasteiger partial charge in [0.1, 0.15) is 15.8 Å². The molecule has 0 fully saturated rings. The lowest BCUT2D eigenvalue weighted by Gasteiger charge is -2.09. The minimum atomic E-state index is -0.0356. The fourth-order valence-corrected chi connectivity index (χ4v) is 3.92. The number of hydrogen-bond acceptors (Lipinski definition) is 5. The summed E-state index contributed by atoms with van der Waals surface area (Å²) in [6.07, 6.45) is 3.62. The highest BCUT2D eigenvalue weighted by atomic mass is 32.2. The number of fused-ring (bicyclic) bond motifs is 1. The van der Waals surface area contributed by atoms with Crippen LogP contribution in [0.15, 0.2) is 59.7 Å². The lowest BCUT2D eigenvalue weighted by Crippen LogP contribution is -1.92. The van der Waals surface area contributed by atoms with Crippen molar-refractivity contribution in [3.8, 4) is 5.75 Å². The Morgan fingerprint density at radius 3 is 2.91 bits per heavy atom. The highest BCUT2D eigenvalue weighted by Gasteiger charge is 2.23. The SMILES string of the molecule is C=CCSC1=NC(=Cc2c(OC)ccc3ccccc23)C(=O)S1. The maximum absolute atomic E-state index is 12.2. The van der Waals surface area contributed by atoms with E-state index in [1.165, 1.54) is 23.5 Å². The Bertz CT molecular complexity index is 840. The van der Waals surface area contributed by atoms with Crippen molar-refractivity contribution in [3.63, 3.8) is 0 Å². The van der Waals surface area contributed by atoms with Gasteiger partial charge >= 0.3 is 0 Å². The Labute approximate surface area is 143 Å². The van der Waals surface area contributed by atoms with Crippen LogP contribution in [0.3, 0.4) is 0 Å². The Kier molecular flexibility index (Phi) is 4.88. The summed E-state index contributed by atoms with van der Waals surface area (Å²) in [5, 5.41) is 2.11. The van der Waals surface area contributed by atoms with Gasteiger partial charge in [0.2, 0.25) is 5.12 Å². The van der Waals surface area contributed by atoms with E-state index >= 15 is 0 Å². The Morgan fingerprint density at radius 2 is 2.13 bits per heavy atom. The molecule has 3 rings (SSSR count). The third-order valence-electron chi connectivity index (χ3n) is 3.36. The third-order valence-corrected chi connectivity index (χ3v) is 5.36. The first-order valence-electron chi connectivity index (χ1n) is 7.05. The first-order valence-corrected chi connectivity index (χ1v) is 8.85. The van der Waals surface area contributed by atoms with Crippen LogP contribution < -0.4 is 4.74 Å². The molecule has 1 heterocycles. The highest BCUT2D eigenvalue weighted by Crippen LogP contribution is 2.35. The Morgan fingerprint density at radius 1 is 1.30 bits per heavy atom. The number of ether oxygens (including phenoxy) is 1. The first-order chi connectivity index (χ1) is 11.2. The van der Waals surface area contributed by atoms with E-state index in [-0.39, 0.29) is 5.12 Å². The minimum absolute atomic E-state index is 0.0356. The van der Waals surface area contributed by atoms with Crippen LogP contribution in [-0.2, 0) is 4.79 Å². The number of rotatable bonds is 4. The van der Waals surface area contributed by atoms with Gasteiger partial charge < -0.3 is 4.74 Å². The summed E-state index contributed by atoms with van der Waals surface area (Å²) < 4.78 is 6.23. The summed E-state index contributed by atoms with van der Waals surface area (Å²) in [6.45, 7) is 3.68. The maximum Gasteiger partial charge on any atom is 0.244 e. The normalized spacial score (nSPS) is 16.0. The molecule has 3 nitrogen and oxygen atoms in total. The average Bonchev–Trinajstić information content (AvgIpc) is 2.93. The monoisotopic (exact) mass is 341 g/mol.